The second-order valence-corrected chi connectivity index (χ2v) is 5.24. The molecule has 2 aromatic rings. The molecule has 0 radical (unpaired) electrons. The fraction of sp³-hybridized carbons (Fsp3) is 0.467. The first kappa shape index (κ1) is 14.0. The van der Waals surface area contributed by atoms with Crippen molar-refractivity contribution in [2.75, 3.05) is 19.7 Å². The highest BCUT2D eigenvalue weighted by Gasteiger charge is 2.36. The summed E-state index contributed by atoms with van der Waals surface area (Å²) in [6.45, 7) is 1.84. The van der Waals surface area contributed by atoms with Crippen LogP contribution in [-0.2, 0) is 12.0 Å². The summed E-state index contributed by atoms with van der Waals surface area (Å²) in [5.74, 6) is 1.67. The summed E-state index contributed by atoms with van der Waals surface area (Å²) in [7, 11) is 0. The lowest BCUT2D eigenvalue weighted by atomic mass is 9.94. The monoisotopic (exact) mass is 289 g/mol. The van der Waals surface area contributed by atoms with E-state index in [-0.39, 0.29) is 0 Å². The molecule has 21 heavy (non-hydrogen) atoms. The number of rotatable bonds is 5. The van der Waals surface area contributed by atoms with Crippen LogP contribution in [0.5, 0.6) is 5.75 Å². The summed E-state index contributed by atoms with van der Waals surface area (Å²) in [5.41, 5.74) is -1.04. The average molecular weight is 289 g/mol. The van der Waals surface area contributed by atoms with Crippen molar-refractivity contribution in [2.24, 2.45) is 0 Å². The summed E-state index contributed by atoms with van der Waals surface area (Å²) >= 11 is 0. The van der Waals surface area contributed by atoms with Gasteiger partial charge in [0.05, 0.1) is 6.61 Å². The molecule has 1 saturated heterocycles. The van der Waals surface area contributed by atoms with Crippen LogP contribution >= 0.6 is 0 Å². The second-order valence-electron chi connectivity index (χ2n) is 5.24. The minimum atomic E-state index is -1.04. The van der Waals surface area contributed by atoms with Gasteiger partial charge < -0.3 is 19.7 Å². The fourth-order valence-corrected chi connectivity index (χ4v) is 2.39. The molecule has 1 unspecified atom stereocenters. The van der Waals surface area contributed by atoms with Gasteiger partial charge in [0.15, 0.2) is 11.4 Å². The number of hydrogen-bond donors (Lipinski definition) is 2. The summed E-state index contributed by atoms with van der Waals surface area (Å²) in [6.07, 6.45) is 2.08. The zero-order chi connectivity index (χ0) is 14.5. The number of β-amino-alcohol motifs (C(OH)–C–C–N with tert-alkyl or cyclic N) is 1. The van der Waals surface area contributed by atoms with Gasteiger partial charge >= 0.3 is 0 Å². The Labute approximate surface area is 123 Å². The zero-order valence-corrected chi connectivity index (χ0v) is 11.8. The van der Waals surface area contributed by atoms with E-state index in [0.717, 1.165) is 18.7 Å². The molecule has 2 heterocycles. The van der Waals surface area contributed by atoms with Crippen molar-refractivity contribution in [3.8, 4) is 5.75 Å². The third-order valence-electron chi connectivity index (χ3n) is 3.57. The van der Waals surface area contributed by atoms with Crippen LogP contribution in [0.25, 0.3) is 0 Å². The first-order valence-corrected chi connectivity index (χ1v) is 7.20. The van der Waals surface area contributed by atoms with E-state index in [1.54, 1.807) is 0 Å². The van der Waals surface area contributed by atoms with Crippen LogP contribution < -0.4 is 10.1 Å². The van der Waals surface area contributed by atoms with Crippen LogP contribution in [0, 0.1) is 0 Å². The molecular formula is C15H19N3O3. The van der Waals surface area contributed by atoms with E-state index in [1.807, 2.05) is 30.3 Å². The van der Waals surface area contributed by atoms with E-state index < -0.39 is 5.60 Å². The number of benzene rings is 1. The Kier molecular flexibility index (Phi) is 4.17. The third kappa shape index (κ3) is 3.40. The Morgan fingerprint density at radius 1 is 1.33 bits per heavy atom. The number of aliphatic hydroxyl groups is 1. The molecule has 0 bridgehead atoms. The molecule has 1 fully saturated rings. The van der Waals surface area contributed by atoms with Crippen molar-refractivity contribution < 1.29 is 14.4 Å². The highest BCUT2D eigenvalue weighted by Crippen LogP contribution is 2.26. The predicted octanol–water partition coefficient (Wildman–Crippen LogP) is 1.26. The maximum Gasteiger partial charge on any atom is 0.259 e. The lowest BCUT2D eigenvalue weighted by Gasteiger charge is -2.28. The van der Waals surface area contributed by atoms with Gasteiger partial charge in [0.25, 0.3) is 5.89 Å². The molecule has 1 aromatic heterocycles. The van der Waals surface area contributed by atoms with Gasteiger partial charge in [0.2, 0.25) is 0 Å². The molecule has 6 nitrogen and oxygen atoms in total. The molecule has 2 N–H and O–H groups in total. The Morgan fingerprint density at radius 2 is 2.19 bits per heavy atom. The summed E-state index contributed by atoms with van der Waals surface area (Å²) in [6, 6.07) is 9.59. The summed E-state index contributed by atoms with van der Waals surface area (Å²) < 4.78 is 10.8. The zero-order valence-electron chi connectivity index (χ0n) is 11.8. The Morgan fingerprint density at radius 3 is 2.95 bits per heavy atom. The highest BCUT2D eigenvalue weighted by atomic mass is 16.5. The van der Waals surface area contributed by atoms with Gasteiger partial charge in [-0.05, 0) is 31.5 Å². The SMILES string of the molecule is OC1(c2nc(CCOc3ccccc3)no2)CCCNC1. The van der Waals surface area contributed by atoms with Crippen molar-refractivity contribution in [2.45, 2.75) is 24.9 Å². The van der Waals surface area contributed by atoms with Crippen LogP contribution in [0.4, 0.5) is 0 Å². The highest BCUT2D eigenvalue weighted by molar-refractivity contribution is 5.20. The summed E-state index contributed by atoms with van der Waals surface area (Å²) in [4.78, 5) is 4.29. The Balaban J connectivity index is 1.55. The summed E-state index contributed by atoms with van der Waals surface area (Å²) in [5, 5.41) is 17.5. The topological polar surface area (TPSA) is 80.4 Å². The van der Waals surface area contributed by atoms with Gasteiger partial charge in [0.1, 0.15) is 5.75 Å². The second kappa shape index (κ2) is 6.24. The number of nitrogens with one attached hydrogen (secondary N) is 1. The van der Waals surface area contributed by atoms with E-state index in [9.17, 15) is 5.11 Å². The number of piperidine rings is 1. The normalized spacial score (nSPS) is 22.1. The number of hydrogen-bond acceptors (Lipinski definition) is 6. The van der Waals surface area contributed by atoms with Crippen LogP contribution in [0.15, 0.2) is 34.9 Å². The molecule has 1 atom stereocenters. The maximum atomic E-state index is 10.5. The molecule has 1 aromatic carbocycles. The van der Waals surface area contributed by atoms with E-state index >= 15 is 0 Å². The van der Waals surface area contributed by atoms with Crippen LogP contribution in [0.3, 0.4) is 0 Å². The molecule has 112 valence electrons. The minimum Gasteiger partial charge on any atom is -0.493 e. The molecule has 0 amide bonds. The van der Waals surface area contributed by atoms with E-state index in [0.29, 0.717) is 37.7 Å². The average Bonchev–Trinajstić information content (AvgIpc) is 2.99. The molecule has 1 aliphatic rings. The smallest absolute Gasteiger partial charge is 0.259 e. The number of nitrogens with zero attached hydrogens (tertiary/aromatic N) is 2. The first-order chi connectivity index (χ1) is 10.3. The largest absolute Gasteiger partial charge is 0.493 e. The van der Waals surface area contributed by atoms with Crippen molar-refractivity contribution in [1.29, 1.82) is 0 Å². The van der Waals surface area contributed by atoms with Gasteiger partial charge in [-0.15, -0.1) is 0 Å². The van der Waals surface area contributed by atoms with Gasteiger partial charge in [-0.1, -0.05) is 23.4 Å². The van der Waals surface area contributed by atoms with Gasteiger partial charge in [0, 0.05) is 13.0 Å². The Hall–Kier alpha value is -1.92. The van der Waals surface area contributed by atoms with E-state index in [4.69, 9.17) is 9.26 Å². The number of ether oxygens (including phenoxy) is 1. The van der Waals surface area contributed by atoms with Gasteiger partial charge in [-0.2, -0.15) is 4.98 Å². The first-order valence-electron chi connectivity index (χ1n) is 7.20. The third-order valence-corrected chi connectivity index (χ3v) is 3.57. The lowest BCUT2D eigenvalue weighted by Crippen LogP contribution is -2.43. The predicted molar refractivity (Wildman–Crippen MR) is 75.9 cm³/mol. The quantitative estimate of drug-likeness (QED) is 0.862. The van der Waals surface area contributed by atoms with Crippen molar-refractivity contribution in [3.63, 3.8) is 0 Å². The molecular weight excluding hydrogens is 270 g/mol. The maximum absolute atomic E-state index is 10.5. The van der Waals surface area contributed by atoms with Crippen molar-refractivity contribution in [3.05, 3.63) is 42.0 Å². The van der Waals surface area contributed by atoms with Crippen LogP contribution in [-0.4, -0.2) is 34.9 Å². The fourth-order valence-electron chi connectivity index (χ4n) is 2.39. The number of aromatic nitrogens is 2. The van der Waals surface area contributed by atoms with Crippen LogP contribution in [0.2, 0.25) is 0 Å². The molecule has 6 heteroatoms. The molecule has 0 aliphatic carbocycles. The molecule has 1 aliphatic heterocycles. The van der Waals surface area contributed by atoms with Crippen molar-refractivity contribution in [1.82, 2.24) is 15.5 Å². The van der Waals surface area contributed by atoms with Crippen molar-refractivity contribution >= 4 is 0 Å². The number of para-hydroxylation sites is 1. The molecule has 0 saturated carbocycles. The van der Waals surface area contributed by atoms with Gasteiger partial charge in [-0.25, -0.2) is 0 Å². The van der Waals surface area contributed by atoms with E-state index in [2.05, 4.69) is 15.5 Å². The molecule has 0 spiro atoms. The Bertz CT molecular complexity index is 565. The van der Waals surface area contributed by atoms with Crippen LogP contribution in [0.1, 0.15) is 24.6 Å². The van der Waals surface area contributed by atoms with Gasteiger partial charge in [-0.3, -0.25) is 0 Å². The lowest BCUT2D eigenvalue weighted by molar-refractivity contribution is -0.0167. The standard InChI is InChI=1S/C15H19N3O3/c19-15(8-4-9-16-11-15)14-17-13(18-21-14)7-10-20-12-5-2-1-3-6-12/h1-3,5-6,16,19H,4,7-11H2. The molecule has 3 rings (SSSR count). The van der Waals surface area contributed by atoms with E-state index in [1.165, 1.54) is 0 Å². The minimum absolute atomic E-state index is 0.296.